The lowest BCUT2D eigenvalue weighted by molar-refractivity contribution is 0.349. The lowest BCUT2D eigenvalue weighted by Crippen LogP contribution is -1.99. The quantitative estimate of drug-likeness (QED) is 0.671. The van der Waals surface area contributed by atoms with E-state index in [1.807, 2.05) is 0 Å². The molecule has 64 valence electrons. The SMILES string of the molecule is CC1(c2nc(C3CC3)no2)CC1. The van der Waals surface area contributed by atoms with Crippen molar-refractivity contribution in [2.24, 2.45) is 0 Å². The van der Waals surface area contributed by atoms with Crippen LogP contribution in [0.2, 0.25) is 0 Å². The summed E-state index contributed by atoms with van der Waals surface area (Å²) >= 11 is 0. The smallest absolute Gasteiger partial charge is 0.232 e. The van der Waals surface area contributed by atoms with Gasteiger partial charge in [-0.15, -0.1) is 0 Å². The maximum absolute atomic E-state index is 5.23. The highest BCUT2D eigenvalue weighted by molar-refractivity contribution is 5.14. The molecule has 3 heteroatoms. The Morgan fingerprint density at radius 2 is 2.17 bits per heavy atom. The van der Waals surface area contributed by atoms with E-state index in [0.717, 1.165) is 11.7 Å². The summed E-state index contributed by atoms with van der Waals surface area (Å²) in [6, 6.07) is 0. The minimum absolute atomic E-state index is 0.236. The highest BCUT2D eigenvalue weighted by atomic mass is 16.5. The van der Waals surface area contributed by atoms with E-state index in [4.69, 9.17) is 4.52 Å². The Labute approximate surface area is 71.2 Å². The third-order valence-corrected chi connectivity index (χ3v) is 2.90. The molecule has 0 atom stereocenters. The first-order valence-corrected chi connectivity index (χ1v) is 4.62. The van der Waals surface area contributed by atoms with E-state index >= 15 is 0 Å². The van der Waals surface area contributed by atoms with E-state index in [0.29, 0.717) is 5.92 Å². The van der Waals surface area contributed by atoms with Gasteiger partial charge in [0.05, 0.1) is 0 Å². The predicted octanol–water partition coefficient (Wildman–Crippen LogP) is 2.00. The molecule has 0 spiro atoms. The summed E-state index contributed by atoms with van der Waals surface area (Å²) in [4.78, 5) is 4.43. The van der Waals surface area contributed by atoms with Crippen LogP contribution in [-0.4, -0.2) is 10.1 Å². The van der Waals surface area contributed by atoms with Gasteiger partial charge in [0, 0.05) is 11.3 Å². The Hall–Kier alpha value is -0.860. The molecule has 2 aliphatic rings. The molecule has 0 radical (unpaired) electrons. The van der Waals surface area contributed by atoms with E-state index in [9.17, 15) is 0 Å². The third kappa shape index (κ3) is 0.886. The van der Waals surface area contributed by atoms with Crippen molar-refractivity contribution >= 4 is 0 Å². The van der Waals surface area contributed by atoms with Crippen LogP contribution in [0.3, 0.4) is 0 Å². The minimum Gasteiger partial charge on any atom is -0.339 e. The van der Waals surface area contributed by atoms with Crippen molar-refractivity contribution in [3.63, 3.8) is 0 Å². The average Bonchev–Trinajstić information content (AvgIpc) is 2.97. The van der Waals surface area contributed by atoms with E-state index < -0.39 is 0 Å². The summed E-state index contributed by atoms with van der Waals surface area (Å²) < 4.78 is 5.23. The largest absolute Gasteiger partial charge is 0.339 e. The molecule has 2 saturated carbocycles. The van der Waals surface area contributed by atoms with Crippen LogP contribution in [0.5, 0.6) is 0 Å². The van der Waals surface area contributed by atoms with Gasteiger partial charge >= 0.3 is 0 Å². The molecular formula is C9H12N2O. The van der Waals surface area contributed by atoms with E-state index in [1.165, 1.54) is 25.7 Å². The van der Waals surface area contributed by atoms with Gasteiger partial charge in [0.15, 0.2) is 5.82 Å². The molecule has 0 N–H and O–H groups in total. The van der Waals surface area contributed by atoms with E-state index in [2.05, 4.69) is 17.1 Å². The van der Waals surface area contributed by atoms with Gasteiger partial charge in [-0.1, -0.05) is 12.1 Å². The van der Waals surface area contributed by atoms with Crippen molar-refractivity contribution in [3.05, 3.63) is 11.7 Å². The fourth-order valence-electron chi connectivity index (χ4n) is 1.39. The van der Waals surface area contributed by atoms with Gasteiger partial charge in [-0.25, -0.2) is 0 Å². The maximum Gasteiger partial charge on any atom is 0.232 e. The fourth-order valence-corrected chi connectivity index (χ4v) is 1.39. The second-order valence-electron chi connectivity index (χ2n) is 4.29. The van der Waals surface area contributed by atoms with Gasteiger partial charge in [0.25, 0.3) is 0 Å². The number of rotatable bonds is 2. The topological polar surface area (TPSA) is 38.9 Å². The highest BCUT2D eigenvalue weighted by Crippen LogP contribution is 2.47. The summed E-state index contributed by atoms with van der Waals surface area (Å²) in [5.74, 6) is 2.42. The van der Waals surface area contributed by atoms with Crippen molar-refractivity contribution in [1.29, 1.82) is 0 Å². The molecule has 0 saturated heterocycles. The zero-order valence-corrected chi connectivity index (χ0v) is 7.21. The Balaban J connectivity index is 1.91. The molecule has 0 unspecified atom stereocenters. The van der Waals surface area contributed by atoms with Crippen LogP contribution in [0.4, 0.5) is 0 Å². The predicted molar refractivity (Wildman–Crippen MR) is 42.9 cm³/mol. The van der Waals surface area contributed by atoms with Crippen LogP contribution >= 0.6 is 0 Å². The van der Waals surface area contributed by atoms with Gasteiger partial charge in [-0.05, 0) is 25.7 Å². The van der Waals surface area contributed by atoms with Gasteiger partial charge in [-0.3, -0.25) is 0 Å². The van der Waals surface area contributed by atoms with Crippen LogP contribution < -0.4 is 0 Å². The van der Waals surface area contributed by atoms with Crippen molar-refractivity contribution < 1.29 is 4.52 Å². The molecule has 0 aliphatic heterocycles. The van der Waals surface area contributed by atoms with Gasteiger partial charge in [0.1, 0.15) is 0 Å². The number of nitrogens with zero attached hydrogens (tertiary/aromatic N) is 2. The number of aromatic nitrogens is 2. The van der Waals surface area contributed by atoms with Gasteiger partial charge < -0.3 is 4.52 Å². The van der Waals surface area contributed by atoms with Crippen molar-refractivity contribution in [2.45, 2.75) is 43.9 Å². The highest BCUT2D eigenvalue weighted by Gasteiger charge is 2.45. The second kappa shape index (κ2) is 1.90. The molecule has 1 heterocycles. The molecule has 0 amide bonds. The molecule has 2 fully saturated rings. The molecule has 0 aromatic carbocycles. The summed E-state index contributed by atoms with van der Waals surface area (Å²) in [5, 5.41) is 4.00. The third-order valence-electron chi connectivity index (χ3n) is 2.90. The number of hydrogen-bond donors (Lipinski definition) is 0. The maximum atomic E-state index is 5.23. The summed E-state index contributed by atoms with van der Waals surface area (Å²) in [6.07, 6.45) is 4.91. The van der Waals surface area contributed by atoms with Crippen LogP contribution in [0.25, 0.3) is 0 Å². The normalized spacial score (nSPS) is 25.8. The average molecular weight is 164 g/mol. The summed E-state index contributed by atoms with van der Waals surface area (Å²) in [6.45, 7) is 2.19. The lowest BCUT2D eigenvalue weighted by Gasteiger charge is -1.96. The molecule has 3 rings (SSSR count). The van der Waals surface area contributed by atoms with Crippen LogP contribution in [0, 0.1) is 0 Å². The van der Waals surface area contributed by atoms with E-state index in [1.54, 1.807) is 0 Å². The Bertz CT molecular complexity index is 310. The molecule has 0 bridgehead atoms. The lowest BCUT2D eigenvalue weighted by atomic mass is 10.1. The molecular weight excluding hydrogens is 152 g/mol. The monoisotopic (exact) mass is 164 g/mol. The van der Waals surface area contributed by atoms with E-state index in [-0.39, 0.29) is 5.41 Å². The first-order chi connectivity index (χ1) is 5.78. The minimum atomic E-state index is 0.236. The van der Waals surface area contributed by atoms with Crippen LogP contribution in [0.15, 0.2) is 4.52 Å². The summed E-state index contributed by atoms with van der Waals surface area (Å²) in [7, 11) is 0. The standard InChI is InChI=1S/C9H12N2O/c1-9(4-5-9)8-10-7(11-12-8)6-2-3-6/h6H,2-5H2,1H3. The second-order valence-corrected chi connectivity index (χ2v) is 4.29. The van der Waals surface area contributed by atoms with Crippen LogP contribution in [0.1, 0.15) is 50.2 Å². The van der Waals surface area contributed by atoms with Crippen molar-refractivity contribution in [2.75, 3.05) is 0 Å². The van der Waals surface area contributed by atoms with Crippen molar-refractivity contribution in [3.8, 4) is 0 Å². The summed E-state index contributed by atoms with van der Waals surface area (Å²) in [5.41, 5.74) is 0.236. The number of hydrogen-bond acceptors (Lipinski definition) is 3. The van der Waals surface area contributed by atoms with Crippen molar-refractivity contribution in [1.82, 2.24) is 10.1 Å². The van der Waals surface area contributed by atoms with Gasteiger partial charge in [0.2, 0.25) is 5.89 Å². The Kier molecular flexibility index (Phi) is 1.05. The molecule has 1 aromatic rings. The Morgan fingerprint density at radius 1 is 1.42 bits per heavy atom. The Morgan fingerprint density at radius 3 is 2.75 bits per heavy atom. The molecule has 12 heavy (non-hydrogen) atoms. The molecule has 2 aliphatic carbocycles. The first kappa shape index (κ1) is 6.63. The zero-order valence-electron chi connectivity index (χ0n) is 7.21. The molecule has 3 nitrogen and oxygen atoms in total. The first-order valence-electron chi connectivity index (χ1n) is 4.62. The fraction of sp³-hybridized carbons (Fsp3) is 0.778. The van der Waals surface area contributed by atoms with Gasteiger partial charge in [-0.2, -0.15) is 4.98 Å². The molecule has 1 aromatic heterocycles. The zero-order chi connectivity index (χ0) is 8.18. The van der Waals surface area contributed by atoms with Crippen LogP contribution in [-0.2, 0) is 5.41 Å².